The molecule has 18 heavy (non-hydrogen) atoms. The minimum Gasteiger partial charge on any atom is -0.502 e. The second-order valence-electron chi connectivity index (χ2n) is 3.23. The number of thiocarbonyl (C=S) groups is 1. The van der Waals surface area contributed by atoms with Gasteiger partial charge in [0.05, 0.1) is 11.1 Å². The van der Waals surface area contributed by atoms with Gasteiger partial charge >= 0.3 is 5.69 Å². The molecule has 0 saturated heterocycles. The Bertz CT molecular complexity index is 490. The van der Waals surface area contributed by atoms with Crippen LogP contribution in [0.1, 0.15) is 12.5 Å². The summed E-state index contributed by atoms with van der Waals surface area (Å²) in [4.78, 5) is 9.93. The Labute approximate surface area is 109 Å². The molecule has 1 aromatic carbocycles. The molecule has 1 aromatic rings. The van der Waals surface area contributed by atoms with Gasteiger partial charge < -0.3 is 10.4 Å². The molecule has 0 radical (unpaired) electrons. The van der Waals surface area contributed by atoms with Crippen LogP contribution in [-0.2, 0) is 0 Å². The first kappa shape index (κ1) is 13.8. The van der Waals surface area contributed by atoms with Crippen molar-refractivity contribution >= 4 is 29.2 Å². The lowest BCUT2D eigenvalue weighted by Crippen LogP contribution is -2.31. The number of aromatic hydroxyl groups is 1. The number of nitro groups is 1. The van der Waals surface area contributed by atoms with Gasteiger partial charge in [-0.05, 0) is 31.3 Å². The van der Waals surface area contributed by atoms with Crippen LogP contribution in [0.5, 0.6) is 5.75 Å². The number of phenolic OH excluding ortho intramolecular Hbond substituents is 1. The smallest absolute Gasteiger partial charge is 0.311 e. The van der Waals surface area contributed by atoms with Gasteiger partial charge in [0.1, 0.15) is 0 Å². The molecule has 0 heterocycles. The SMILES string of the molecule is CCNC(=S)N/N=C\c1ccc(O)c([N+](=O)[O-])c1. The largest absolute Gasteiger partial charge is 0.502 e. The summed E-state index contributed by atoms with van der Waals surface area (Å²) in [5, 5.41) is 26.9. The first-order valence-electron chi connectivity index (χ1n) is 5.09. The van der Waals surface area contributed by atoms with E-state index in [2.05, 4.69) is 15.8 Å². The lowest BCUT2D eigenvalue weighted by molar-refractivity contribution is -0.385. The number of hydrogen-bond acceptors (Lipinski definition) is 5. The zero-order valence-corrected chi connectivity index (χ0v) is 10.4. The minimum absolute atomic E-state index is 0.363. The first-order chi connectivity index (χ1) is 8.54. The molecule has 7 nitrogen and oxygen atoms in total. The van der Waals surface area contributed by atoms with Crippen LogP contribution < -0.4 is 10.7 Å². The molecule has 0 atom stereocenters. The van der Waals surface area contributed by atoms with E-state index in [0.717, 1.165) is 0 Å². The van der Waals surface area contributed by atoms with Crippen molar-refractivity contribution in [2.45, 2.75) is 6.92 Å². The normalized spacial score (nSPS) is 10.3. The Hall–Kier alpha value is -2.22. The van der Waals surface area contributed by atoms with Crippen molar-refractivity contribution in [1.82, 2.24) is 10.7 Å². The van der Waals surface area contributed by atoms with E-state index in [4.69, 9.17) is 12.2 Å². The second-order valence-corrected chi connectivity index (χ2v) is 3.64. The van der Waals surface area contributed by atoms with Gasteiger partial charge in [-0.2, -0.15) is 5.10 Å². The summed E-state index contributed by atoms with van der Waals surface area (Å²) in [6.45, 7) is 2.56. The van der Waals surface area contributed by atoms with E-state index in [-0.39, 0.29) is 11.4 Å². The maximum Gasteiger partial charge on any atom is 0.311 e. The highest BCUT2D eigenvalue weighted by molar-refractivity contribution is 7.80. The van der Waals surface area contributed by atoms with Crippen LogP contribution in [0.3, 0.4) is 0 Å². The monoisotopic (exact) mass is 268 g/mol. The number of hydrogen-bond donors (Lipinski definition) is 3. The van der Waals surface area contributed by atoms with Crippen molar-refractivity contribution in [2.24, 2.45) is 5.10 Å². The molecule has 0 aliphatic carbocycles. The molecular formula is C10H12N4O3S. The molecule has 0 aliphatic heterocycles. The fourth-order valence-electron chi connectivity index (χ4n) is 1.13. The molecule has 0 spiro atoms. The van der Waals surface area contributed by atoms with E-state index in [1.54, 1.807) is 0 Å². The lowest BCUT2D eigenvalue weighted by atomic mass is 10.2. The lowest BCUT2D eigenvalue weighted by Gasteiger charge is -2.02. The van der Waals surface area contributed by atoms with Gasteiger partial charge in [0.15, 0.2) is 10.9 Å². The Morgan fingerprint density at radius 1 is 1.67 bits per heavy atom. The Balaban J connectivity index is 2.73. The topological polar surface area (TPSA) is 99.8 Å². The molecule has 3 N–H and O–H groups in total. The van der Waals surface area contributed by atoms with Gasteiger partial charge in [-0.25, -0.2) is 0 Å². The van der Waals surface area contributed by atoms with E-state index in [1.165, 1.54) is 24.4 Å². The van der Waals surface area contributed by atoms with Crippen LogP contribution in [0.15, 0.2) is 23.3 Å². The average Bonchev–Trinajstić information content (AvgIpc) is 2.31. The predicted octanol–water partition coefficient (Wildman–Crippen LogP) is 1.12. The third kappa shape index (κ3) is 3.98. The number of phenols is 1. The number of nitrogens with zero attached hydrogens (tertiary/aromatic N) is 2. The van der Waals surface area contributed by atoms with Crippen molar-refractivity contribution in [3.8, 4) is 5.75 Å². The molecule has 0 bridgehead atoms. The third-order valence-electron chi connectivity index (χ3n) is 1.91. The molecule has 0 aliphatic rings. The third-order valence-corrected chi connectivity index (χ3v) is 2.15. The molecule has 8 heteroatoms. The number of rotatable bonds is 4. The van der Waals surface area contributed by atoms with E-state index in [0.29, 0.717) is 17.2 Å². The first-order valence-corrected chi connectivity index (χ1v) is 5.49. The van der Waals surface area contributed by atoms with E-state index < -0.39 is 4.92 Å². The standard InChI is InChI=1S/C10H12N4O3S/c1-2-11-10(18)13-12-6-7-3-4-9(15)8(5-7)14(16)17/h3-6,15H,2H2,1H3,(H2,11,13,18)/b12-6-. The van der Waals surface area contributed by atoms with Crippen LogP contribution in [0.4, 0.5) is 5.69 Å². The van der Waals surface area contributed by atoms with Gasteiger partial charge in [0.25, 0.3) is 0 Å². The summed E-state index contributed by atoms with van der Waals surface area (Å²) in [7, 11) is 0. The summed E-state index contributed by atoms with van der Waals surface area (Å²) in [5.41, 5.74) is 2.66. The minimum atomic E-state index is -0.663. The fraction of sp³-hybridized carbons (Fsp3) is 0.200. The quantitative estimate of drug-likeness (QED) is 0.327. The van der Waals surface area contributed by atoms with Crippen molar-refractivity contribution in [3.05, 3.63) is 33.9 Å². The number of nitro benzene ring substituents is 1. The van der Waals surface area contributed by atoms with Crippen LogP contribution in [0.2, 0.25) is 0 Å². The van der Waals surface area contributed by atoms with E-state index in [9.17, 15) is 15.2 Å². The van der Waals surface area contributed by atoms with Crippen LogP contribution in [-0.4, -0.2) is 27.9 Å². The summed E-state index contributed by atoms with van der Waals surface area (Å²) < 4.78 is 0. The molecule has 0 saturated carbocycles. The predicted molar refractivity (Wildman–Crippen MR) is 71.8 cm³/mol. The van der Waals surface area contributed by atoms with Crippen molar-refractivity contribution < 1.29 is 10.0 Å². The molecular weight excluding hydrogens is 256 g/mol. The summed E-state index contributed by atoms with van der Waals surface area (Å²) in [6, 6.07) is 3.96. The van der Waals surface area contributed by atoms with Crippen LogP contribution >= 0.6 is 12.2 Å². The number of hydrazone groups is 1. The molecule has 0 aromatic heterocycles. The zero-order valence-electron chi connectivity index (χ0n) is 9.58. The van der Waals surface area contributed by atoms with Gasteiger partial charge in [0, 0.05) is 18.2 Å². The van der Waals surface area contributed by atoms with Gasteiger partial charge in [0.2, 0.25) is 0 Å². The van der Waals surface area contributed by atoms with E-state index >= 15 is 0 Å². The number of nitrogens with one attached hydrogen (secondary N) is 2. The second kappa shape index (κ2) is 6.50. The highest BCUT2D eigenvalue weighted by Gasteiger charge is 2.12. The van der Waals surface area contributed by atoms with E-state index in [1.807, 2.05) is 6.92 Å². The van der Waals surface area contributed by atoms with Crippen LogP contribution in [0.25, 0.3) is 0 Å². The van der Waals surface area contributed by atoms with Gasteiger partial charge in [-0.15, -0.1) is 0 Å². The average molecular weight is 268 g/mol. The molecule has 96 valence electrons. The maximum atomic E-state index is 10.6. The zero-order chi connectivity index (χ0) is 13.5. The Morgan fingerprint density at radius 2 is 2.39 bits per heavy atom. The highest BCUT2D eigenvalue weighted by atomic mass is 32.1. The van der Waals surface area contributed by atoms with Crippen molar-refractivity contribution in [1.29, 1.82) is 0 Å². The summed E-state index contributed by atoms with van der Waals surface area (Å²) >= 11 is 4.87. The fourth-order valence-corrected chi connectivity index (χ4v) is 1.33. The van der Waals surface area contributed by atoms with Crippen molar-refractivity contribution in [3.63, 3.8) is 0 Å². The Kier molecular flexibility index (Phi) is 5.00. The number of benzene rings is 1. The van der Waals surface area contributed by atoms with Crippen molar-refractivity contribution in [2.75, 3.05) is 6.54 Å². The van der Waals surface area contributed by atoms with Gasteiger partial charge in [-0.1, -0.05) is 0 Å². The molecule has 0 amide bonds. The van der Waals surface area contributed by atoms with Gasteiger partial charge in [-0.3, -0.25) is 15.5 Å². The Morgan fingerprint density at radius 3 is 3.00 bits per heavy atom. The molecule has 0 fully saturated rings. The molecule has 0 unspecified atom stereocenters. The molecule has 1 rings (SSSR count). The highest BCUT2D eigenvalue weighted by Crippen LogP contribution is 2.25. The maximum absolute atomic E-state index is 10.6. The summed E-state index contributed by atoms with van der Waals surface area (Å²) in [5.74, 6) is -0.381. The summed E-state index contributed by atoms with van der Waals surface area (Å²) in [6.07, 6.45) is 1.37. The van der Waals surface area contributed by atoms with Crippen LogP contribution in [0, 0.1) is 10.1 Å².